The number of carbonyl (C=O) groups excluding carboxylic acids is 1. The predicted molar refractivity (Wildman–Crippen MR) is 119 cm³/mol. The Morgan fingerprint density at radius 1 is 1.13 bits per heavy atom. The van der Waals surface area contributed by atoms with Gasteiger partial charge in [-0.25, -0.2) is 3.63 Å². The molecule has 0 amide bonds. The highest BCUT2D eigenvalue weighted by molar-refractivity contribution is 8.34. The molecule has 2 unspecified atom stereocenters. The molecule has 170 valence electrons. The summed E-state index contributed by atoms with van der Waals surface area (Å²) in [6.07, 6.45) is 6.89. The molecule has 0 heterocycles. The van der Waals surface area contributed by atoms with Gasteiger partial charge in [-0.2, -0.15) is 21.6 Å². The van der Waals surface area contributed by atoms with E-state index in [2.05, 4.69) is 0 Å². The fourth-order valence-corrected chi connectivity index (χ4v) is 15.3. The van der Waals surface area contributed by atoms with Gasteiger partial charge in [0.25, 0.3) is 0 Å². The van der Waals surface area contributed by atoms with Crippen LogP contribution in [-0.4, -0.2) is 44.7 Å². The zero-order chi connectivity index (χ0) is 22.8. The van der Waals surface area contributed by atoms with Crippen molar-refractivity contribution >= 4 is 34.3 Å². The van der Waals surface area contributed by atoms with Crippen molar-refractivity contribution in [2.45, 2.75) is 55.7 Å². The Morgan fingerprint density at radius 3 is 2.13 bits per heavy atom. The molecule has 0 aliphatic heterocycles. The lowest BCUT2D eigenvalue weighted by atomic mass is 10.1. The molecule has 2 atom stereocenters. The SMILES string of the molecule is C[Si](C)(C)C(C(=O)c1ccccc1)S(C)(CC=C1CCCC1)OS(=O)(=O)C(F)(F)F. The Bertz CT molecular complexity index is 885. The van der Waals surface area contributed by atoms with Gasteiger partial charge < -0.3 is 0 Å². The number of Topliss-reactive ketones (excluding diaryl/α,β-unsaturated/α-hetero) is 1. The van der Waals surface area contributed by atoms with E-state index in [1.54, 1.807) is 36.4 Å². The van der Waals surface area contributed by atoms with Gasteiger partial charge in [0.15, 0.2) is 5.78 Å². The number of hydrogen-bond acceptors (Lipinski definition) is 4. The first-order valence-corrected chi connectivity index (χ1v) is 16.9. The third-order valence-electron chi connectivity index (χ3n) is 5.06. The van der Waals surface area contributed by atoms with Gasteiger partial charge >= 0.3 is 15.6 Å². The second-order valence-corrected chi connectivity index (χ2v) is 19.3. The number of hydrogen-bond donors (Lipinski definition) is 0. The molecule has 10 heteroatoms. The number of allylic oxidation sites excluding steroid dienone is 1. The van der Waals surface area contributed by atoms with Crippen molar-refractivity contribution in [3.8, 4) is 0 Å². The topological polar surface area (TPSA) is 60.4 Å². The Morgan fingerprint density at radius 2 is 1.67 bits per heavy atom. The van der Waals surface area contributed by atoms with E-state index in [0.717, 1.165) is 31.3 Å². The molecule has 0 aromatic heterocycles. The van der Waals surface area contributed by atoms with Crippen molar-refractivity contribution < 1.29 is 30.0 Å². The lowest BCUT2D eigenvalue weighted by Gasteiger charge is -2.45. The average Bonchev–Trinajstić information content (AvgIpc) is 3.12. The lowest BCUT2D eigenvalue weighted by molar-refractivity contribution is -0.0496. The summed E-state index contributed by atoms with van der Waals surface area (Å²) in [5.41, 5.74) is -4.10. The van der Waals surface area contributed by atoms with Crippen LogP contribution in [0.5, 0.6) is 0 Å². The first-order valence-electron chi connectivity index (χ1n) is 9.72. The zero-order valence-electron chi connectivity index (χ0n) is 17.7. The number of alkyl halides is 3. The van der Waals surface area contributed by atoms with E-state index < -0.39 is 38.9 Å². The van der Waals surface area contributed by atoms with Crippen molar-refractivity contribution in [2.24, 2.45) is 0 Å². The van der Waals surface area contributed by atoms with Gasteiger partial charge in [-0.3, -0.25) is 4.79 Å². The molecule has 1 aliphatic carbocycles. The van der Waals surface area contributed by atoms with E-state index in [9.17, 15) is 26.4 Å². The van der Waals surface area contributed by atoms with Crippen molar-refractivity contribution in [3.63, 3.8) is 0 Å². The first-order chi connectivity index (χ1) is 13.7. The minimum atomic E-state index is -5.84. The summed E-state index contributed by atoms with van der Waals surface area (Å²) in [6, 6.07) is 8.29. The largest absolute Gasteiger partial charge is 0.523 e. The molecule has 1 aromatic rings. The third kappa shape index (κ3) is 5.99. The molecule has 0 saturated heterocycles. The maximum absolute atomic E-state index is 13.4. The number of halogens is 3. The van der Waals surface area contributed by atoms with Crippen LogP contribution in [0.15, 0.2) is 42.0 Å². The molecular weight excluding hydrogens is 453 g/mol. The van der Waals surface area contributed by atoms with Gasteiger partial charge in [-0.15, -0.1) is 10.3 Å². The standard InChI is InChI=1S/C20H29F3O4S2Si/c1-28(15-14-16-10-8-9-11-16,27-29(25,26)20(21,22)23)19(30(2,3)4)18(24)17-12-6-5-7-13-17/h5-7,12-14,19H,8-11,15H2,1-4H3. The Balaban J connectivity index is 2.57. The van der Waals surface area contributed by atoms with Crippen LogP contribution in [0.3, 0.4) is 0 Å². The van der Waals surface area contributed by atoms with Crippen LogP contribution in [0, 0.1) is 0 Å². The lowest BCUT2D eigenvalue weighted by Crippen LogP contribution is -2.49. The molecule has 0 bridgehead atoms. The minimum Gasteiger partial charge on any atom is -0.293 e. The van der Waals surface area contributed by atoms with E-state index in [1.165, 1.54) is 6.26 Å². The average molecular weight is 483 g/mol. The quantitative estimate of drug-likeness (QED) is 0.202. The Kier molecular flexibility index (Phi) is 7.70. The van der Waals surface area contributed by atoms with Gasteiger partial charge in [0.2, 0.25) is 0 Å². The minimum absolute atomic E-state index is 0.00511. The molecule has 1 aliphatic rings. The maximum atomic E-state index is 13.4. The van der Waals surface area contributed by atoms with Gasteiger partial charge in [0, 0.05) is 11.3 Å². The summed E-state index contributed by atoms with van der Waals surface area (Å²) in [4.78, 5) is 12.5. The molecule has 0 radical (unpaired) electrons. The van der Waals surface area contributed by atoms with Crippen LogP contribution in [0.4, 0.5) is 13.2 Å². The summed E-state index contributed by atoms with van der Waals surface area (Å²) < 4.78 is 68.6. The molecule has 0 spiro atoms. The molecule has 1 aromatic carbocycles. The number of benzene rings is 1. The number of rotatable bonds is 8. The second-order valence-electron chi connectivity index (χ2n) is 8.75. The van der Waals surface area contributed by atoms with E-state index in [4.69, 9.17) is 3.63 Å². The molecule has 0 N–H and O–H groups in total. The zero-order valence-corrected chi connectivity index (χ0v) is 20.3. The van der Waals surface area contributed by atoms with E-state index in [1.807, 2.05) is 19.6 Å². The van der Waals surface area contributed by atoms with Crippen LogP contribution >= 0.6 is 10.3 Å². The monoisotopic (exact) mass is 482 g/mol. The second kappa shape index (κ2) is 9.18. The highest BCUT2D eigenvalue weighted by atomic mass is 32.3. The van der Waals surface area contributed by atoms with Gasteiger partial charge in [0.05, 0.1) is 12.9 Å². The Hall–Kier alpha value is -1.10. The first kappa shape index (κ1) is 25.2. The van der Waals surface area contributed by atoms with Crippen molar-refractivity contribution in [3.05, 3.63) is 47.5 Å². The number of ketones is 1. The summed E-state index contributed by atoms with van der Waals surface area (Å²) in [6.45, 7) is 5.57. The number of carbonyl (C=O) groups is 1. The highest BCUT2D eigenvalue weighted by Crippen LogP contribution is 2.57. The van der Waals surface area contributed by atoms with E-state index >= 15 is 0 Å². The fraction of sp³-hybridized carbons (Fsp3) is 0.550. The maximum Gasteiger partial charge on any atom is 0.523 e. The van der Waals surface area contributed by atoms with Gasteiger partial charge in [-0.1, -0.05) is 61.6 Å². The van der Waals surface area contributed by atoms with Crippen LogP contribution in [0.1, 0.15) is 36.0 Å². The van der Waals surface area contributed by atoms with Crippen LogP contribution in [-0.2, 0) is 13.7 Å². The summed E-state index contributed by atoms with van der Waals surface area (Å²) in [5.74, 6) is -0.347. The molecule has 1 fully saturated rings. The van der Waals surface area contributed by atoms with E-state index in [-0.39, 0.29) is 11.5 Å². The summed E-state index contributed by atoms with van der Waals surface area (Å²) >= 11 is 0. The van der Waals surface area contributed by atoms with Crippen LogP contribution in [0.2, 0.25) is 19.6 Å². The van der Waals surface area contributed by atoms with Crippen LogP contribution < -0.4 is 0 Å². The molecular formula is C20H29F3O4S2Si. The van der Waals surface area contributed by atoms with Crippen molar-refractivity contribution in [1.29, 1.82) is 0 Å². The smallest absolute Gasteiger partial charge is 0.293 e. The molecule has 2 rings (SSSR count). The van der Waals surface area contributed by atoms with Crippen LogP contribution in [0.25, 0.3) is 0 Å². The van der Waals surface area contributed by atoms with Gasteiger partial charge in [0.1, 0.15) is 0 Å². The third-order valence-corrected chi connectivity index (χ3v) is 15.1. The predicted octanol–water partition coefficient (Wildman–Crippen LogP) is 5.83. The summed E-state index contributed by atoms with van der Waals surface area (Å²) in [5, 5.41) is 0. The summed E-state index contributed by atoms with van der Waals surface area (Å²) in [7, 11) is -11.3. The molecule has 30 heavy (non-hydrogen) atoms. The van der Waals surface area contributed by atoms with Gasteiger partial charge in [-0.05, 0) is 31.9 Å². The highest BCUT2D eigenvalue weighted by Gasteiger charge is 2.54. The molecule has 1 saturated carbocycles. The normalized spacial score (nSPS) is 19.8. The van der Waals surface area contributed by atoms with E-state index in [0.29, 0.717) is 5.56 Å². The Labute approximate surface area is 179 Å². The fourth-order valence-electron chi connectivity index (χ4n) is 3.84. The van der Waals surface area contributed by atoms with Crippen molar-refractivity contribution in [1.82, 2.24) is 0 Å². The van der Waals surface area contributed by atoms with Crippen molar-refractivity contribution in [2.75, 3.05) is 12.0 Å². The molecule has 4 nitrogen and oxygen atoms in total.